The number of aromatic nitrogens is 3. The van der Waals surface area contributed by atoms with E-state index in [0.29, 0.717) is 18.2 Å². The first-order valence-electron chi connectivity index (χ1n) is 3.94. The SMILES string of the molecule is COCCC(N)C(=O)Nc1nnns1. The molecule has 0 saturated heterocycles. The molecule has 1 rings (SSSR count). The maximum Gasteiger partial charge on any atom is 0.243 e. The number of hydrogen-bond donors (Lipinski definition) is 2. The van der Waals surface area contributed by atoms with Crippen LogP contribution in [0.2, 0.25) is 0 Å². The molecule has 78 valence electrons. The van der Waals surface area contributed by atoms with E-state index in [0.717, 1.165) is 11.5 Å². The van der Waals surface area contributed by atoms with Crippen molar-refractivity contribution in [2.24, 2.45) is 5.73 Å². The maximum atomic E-state index is 11.3. The highest BCUT2D eigenvalue weighted by Crippen LogP contribution is 2.05. The van der Waals surface area contributed by atoms with E-state index in [1.165, 1.54) is 0 Å². The summed E-state index contributed by atoms with van der Waals surface area (Å²) in [6.45, 7) is 0.447. The summed E-state index contributed by atoms with van der Waals surface area (Å²) in [6.07, 6.45) is 0.467. The Kier molecular flexibility index (Phi) is 4.36. The van der Waals surface area contributed by atoms with Crippen LogP contribution < -0.4 is 11.1 Å². The van der Waals surface area contributed by atoms with Gasteiger partial charge in [0.1, 0.15) is 0 Å². The van der Waals surface area contributed by atoms with Crippen molar-refractivity contribution in [2.75, 3.05) is 19.0 Å². The topological polar surface area (TPSA) is 103 Å². The zero-order chi connectivity index (χ0) is 10.4. The smallest absolute Gasteiger partial charge is 0.243 e. The van der Waals surface area contributed by atoms with Crippen LogP contribution in [0, 0.1) is 0 Å². The molecule has 1 atom stereocenters. The molecule has 1 amide bonds. The number of carbonyl (C=O) groups excluding carboxylic acids is 1. The first-order chi connectivity index (χ1) is 6.74. The molecule has 0 saturated carbocycles. The van der Waals surface area contributed by atoms with Crippen LogP contribution in [0.25, 0.3) is 0 Å². The van der Waals surface area contributed by atoms with E-state index in [1.54, 1.807) is 7.11 Å². The fourth-order valence-corrected chi connectivity index (χ4v) is 1.13. The highest BCUT2D eigenvalue weighted by Gasteiger charge is 2.14. The quantitative estimate of drug-likeness (QED) is 0.671. The van der Waals surface area contributed by atoms with Gasteiger partial charge in [-0.15, -0.1) is 0 Å². The van der Waals surface area contributed by atoms with Gasteiger partial charge in [-0.1, -0.05) is 9.59 Å². The van der Waals surface area contributed by atoms with Gasteiger partial charge in [0.2, 0.25) is 11.0 Å². The minimum absolute atomic E-state index is 0.305. The Morgan fingerprint density at radius 2 is 2.57 bits per heavy atom. The van der Waals surface area contributed by atoms with Crippen molar-refractivity contribution in [3.63, 3.8) is 0 Å². The van der Waals surface area contributed by atoms with Gasteiger partial charge in [0, 0.05) is 25.2 Å². The van der Waals surface area contributed by atoms with Crippen LogP contribution >= 0.6 is 11.5 Å². The summed E-state index contributed by atoms with van der Waals surface area (Å²) in [5.74, 6) is -0.305. The zero-order valence-corrected chi connectivity index (χ0v) is 8.45. The summed E-state index contributed by atoms with van der Waals surface area (Å²) in [6, 6.07) is -0.598. The van der Waals surface area contributed by atoms with Gasteiger partial charge >= 0.3 is 0 Å². The van der Waals surface area contributed by atoms with E-state index >= 15 is 0 Å². The minimum Gasteiger partial charge on any atom is -0.385 e. The van der Waals surface area contributed by atoms with Crippen molar-refractivity contribution in [3.05, 3.63) is 0 Å². The zero-order valence-electron chi connectivity index (χ0n) is 7.64. The Bertz CT molecular complexity index is 278. The fourth-order valence-electron chi connectivity index (χ4n) is 0.756. The van der Waals surface area contributed by atoms with E-state index in [2.05, 4.69) is 20.1 Å². The molecule has 0 fully saturated rings. The number of nitrogens with zero attached hydrogens (tertiary/aromatic N) is 3. The molecule has 1 aromatic rings. The van der Waals surface area contributed by atoms with Gasteiger partial charge in [-0.05, 0) is 11.6 Å². The Morgan fingerprint density at radius 3 is 3.14 bits per heavy atom. The number of rotatable bonds is 5. The first kappa shape index (κ1) is 11.0. The summed E-state index contributed by atoms with van der Waals surface area (Å²) >= 11 is 1.00. The van der Waals surface area contributed by atoms with Gasteiger partial charge in [0.05, 0.1) is 6.04 Å². The molecule has 0 aliphatic rings. The Balaban J connectivity index is 2.34. The average Bonchev–Trinajstić information content (AvgIpc) is 2.66. The van der Waals surface area contributed by atoms with E-state index in [9.17, 15) is 4.79 Å². The lowest BCUT2D eigenvalue weighted by Crippen LogP contribution is -2.36. The summed E-state index contributed by atoms with van der Waals surface area (Å²) < 4.78 is 8.30. The number of ether oxygens (including phenoxy) is 1. The predicted molar refractivity (Wildman–Crippen MR) is 50.8 cm³/mol. The lowest BCUT2D eigenvalue weighted by atomic mass is 10.2. The standard InChI is InChI=1S/C6H11N5O2S/c1-13-3-2-4(7)5(12)8-6-9-10-11-14-6/h4H,2-3,7H2,1H3,(H,8,9,11,12). The molecule has 0 radical (unpaired) electrons. The summed E-state index contributed by atoms with van der Waals surface area (Å²) in [7, 11) is 1.55. The van der Waals surface area contributed by atoms with Crippen molar-refractivity contribution in [1.82, 2.24) is 14.8 Å². The molecule has 7 nitrogen and oxygen atoms in total. The highest BCUT2D eigenvalue weighted by molar-refractivity contribution is 7.09. The Labute approximate surface area is 84.8 Å². The number of hydrogen-bond acceptors (Lipinski definition) is 7. The molecule has 1 heterocycles. The Hall–Kier alpha value is -1.12. The van der Waals surface area contributed by atoms with Crippen LogP contribution in [0.15, 0.2) is 0 Å². The fraction of sp³-hybridized carbons (Fsp3) is 0.667. The molecule has 1 aromatic heterocycles. The number of anilines is 1. The second kappa shape index (κ2) is 5.58. The van der Waals surface area contributed by atoms with Crippen molar-refractivity contribution in [3.8, 4) is 0 Å². The predicted octanol–water partition coefficient (Wildman–Crippen LogP) is -0.765. The second-order valence-corrected chi connectivity index (χ2v) is 3.28. The minimum atomic E-state index is -0.598. The van der Waals surface area contributed by atoms with Gasteiger partial charge < -0.3 is 10.5 Å². The third-order valence-corrected chi connectivity index (χ3v) is 2.01. The molecule has 0 aliphatic heterocycles. The number of nitrogens with one attached hydrogen (secondary N) is 1. The van der Waals surface area contributed by atoms with Gasteiger partial charge in [-0.3, -0.25) is 10.1 Å². The van der Waals surface area contributed by atoms with Crippen LogP contribution in [-0.4, -0.2) is 40.5 Å². The second-order valence-electron chi connectivity index (χ2n) is 2.54. The van der Waals surface area contributed by atoms with E-state index in [1.807, 2.05) is 0 Å². The molecular formula is C6H11N5O2S. The average molecular weight is 217 g/mol. The van der Waals surface area contributed by atoms with Crippen molar-refractivity contribution >= 4 is 22.6 Å². The van der Waals surface area contributed by atoms with Gasteiger partial charge in [0.25, 0.3) is 0 Å². The lowest BCUT2D eigenvalue weighted by molar-refractivity contribution is -0.117. The molecule has 0 bridgehead atoms. The lowest BCUT2D eigenvalue weighted by Gasteiger charge is -2.08. The molecule has 0 spiro atoms. The van der Waals surface area contributed by atoms with Crippen LogP contribution in [-0.2, 0) is 9.53 Å². The first-order valence-corrected chi connectivity index (χ1v) is 4.72. The summed E-state index contributed by atoms with van der Waals surface area (Å²) in [4.78, 5) is 11.3. The van der Waals surface area contributed by atoms with E-state index in [-0.39, 0.29) is 5.91 Å². The maximum absolute atomic E-state index is 11.3. The van der Waals surface area contributed by atoms with E-state index < -0.39 is 6.04 Å². The summed E-state index contributed by atoms with van der Waals surface area (Å²) in [5.41, 5.74) is 5.56. The molecule has 3 N–H and O–H groups in total. The van der Waals surface area contributed by atoms with Gasteiger partial charge in [-0.2, -0.15) is 0 Å². The number of nitrogens with two attached hydrogens (primary N) is 1. The normalized spacial score (nSPS) is 12.4. The van der Waals surface area contributed by atoms with Crippen LogP contribution in [0.4, 0.5) is 5.13 Å². The molecule has 0 aliphatic carbocycles. The van der Waals surface area contributed by atoms with Gasteiger partial charge in [0.15, 0.2) is 0 Å². The third kappa shape index (κ3) is 3.32. The van der Waals surface area contributed by atoms with Crippen molar-refractivity contribution in [2.45, 2.75) is 12.5 Å². The third-order valence-electron chi connectivity index (χ3n) is 1.50. The van der Waals surface area contributed by atoms with Crippen molar-refractivity contribution in [1.29, 1.82) is 0 Å². The van der Waals surface area contributed by atoms with Gasteiger partial charge in [-0.25, -0.2) is 0 Å². The van der Waals surface area contributed by atoms with E-state index in [4.69, 9.17) is 10.5 Å². The Morgan fingerprint density at radius 1 is 1.79 bits per heavy atom. The molecule has 0 aromatic carbocycles. The van der Waals surface area contributed by atoms with Crippen LogP contribution in [0.3, 0.4) is 0 Å². The number of carbonyl (C=O) groups is 1. The summed E-state index contributed by atoms with van der Waals surface area (Å²) in [5, 5.41) is 9.74. The van der Waals surface area contributed by atoms with Crippen molar-refractivity contribution < 1.29 is 9.53 Å². The molecule has 14 heavy (non-hydrogen) atoms. The highest BCUT2D eigenvalue weighted by atomic mass is 32.1. The monoisotopic (exact) mass is 217 g/mol. The molecule has 1 unspecified atom stereocenters. The largest absolute Gasteiger partial charge is 0.385 e. The van der Waals surface area contributed by atoms with Crippen LogP contribution in [0.5, 0.6) is 0 Å². The molecule has 8 heteroatoms. The molecular weight excluding hydrogens is 206 g/mol. The number of amides is 1. The van der Waals surface area contributed by atoms with Crippen LogP contribution in [0.1, 0.15) is 6.42 Å². The number of methoxy groups -OCH3 is 1.